The van der Waals surface area contributed by atoms with Gasteiger partial charge in [-0.3, -0.25) is 0 Å². The van der Waals surface area contributed by atoms with Crippen molar-refractivity contribution in [2.75, 3.05) is 13.7 Å². The molecule has 0 aliphatic carbocycles. The van der Waals surface area contributed by atoms with Crippen LogP contribution in [-0.2, 0) is 9.47 Å². The Hall–Kier alpha value is -0.240. The zero-order valence-electron chi connectivity index (χ0n) is 7.20. The van der Waals surface area contributed by atoms with Gasteiger partial charge >= 0.3 is 0 Å². The van der Waals surface area contributed by atoms with Crippen LogP contribution in [-0.4, -0.2) is 64.8 Å². The molecule has 0 aromatic heterocycles. The highest BCUT2D eigenvalue weighted by atomic mass is 16.6. The second-order valence-corrected chi connectivity index (χ2v) is 2.93. The first-order valence-corrected chi connectivity index (χ1v) is 3.95. The largest absolute Gasteiger partial charge is 0.394 e. The van der Waals surface area contributed by atoms with E-state index in [9.17, 15) is 10.2 Å². The smallest absolute Gasteiger partial charge is 0.184 e. The predicted molar refractivity (Wildman–Crippen MR) is 40.8 cm³/mol. The molecule has 1 heterocycles. The van der Waals surface area contributed by atoms with Gasteiger partial charge in [0.25, 0.3) is 0 Å². The van der Waals surface area contributed by atoms with E-state index in [1.165, 1.54) is 7.11 Å². The van der Waals surface area contributed by atoms with Crippen molar-refractivity contribution >= 4 is 0 Å². The average Bonchev–Trinajstić information content (AvgIpc) is 2.12. The van der Waals surface area contributed by atoms with Gasteiger partial charge in [0.05, 0.1) is 6.61 Å². The van der Waals surface area contributed by atoms with Gasteiger partial charge in [0.1, 0.15) is 24.4 Å². The van der Waals surface area contributed by atoms with Crippen LogP contribution in [0.3, 0.4) is 0 Å². The predicted octanol–water partition coefficient (Wildman–Crippen LogP) is -2.57. The molecule has 0 radical (unpaired) electrons. The third-order valence-electron chi connectivity index (χ3n) is 2.11. The lowest BCUT2D eigenvalue weighted by Gasteiger charge is -2.39. The molecule has 1 aliphatic rings. The highest BCUT2D eigenvalue weighted by Crippen LogP contribution is 2.21. The first-order valence-electron chi connectivity index (χ1n) is 3.95. The van der Waals surface area contributed by atoms with Gasteiger partial charge in [0, 0.05) is 7.11 Å². The Labute approximate surface area is 75.3 Å². The summed E-state index contributed by atoms with van der Waals surface area (Å²) in [6.07, 6.45) is -5.76. The number of hydrogen-bond acceptors (Lipinski definition) is 6. The normalized spacial score (nSPS) is 46.4. The molecule has 78 valence electrons. The first kappa shape index (κ1) is 10.8. The van der Waals surface area contributed by atoms with Crippen LogP contribution in [0.2, 0.25) is 0 Å². The van der Waals surface area contributed by atoms with Crippen LogP contribution in [0.15, 0.2) is 0 Å². The molecule has 5 atom stereocenters. The van der Waals surface area contributed by atoms with E-state index in [2.05, 4.69) is 0 Å². The molecular weight excluding hydrogens is 180 g/mol. The van der Waals surface area contributed by atoms with Crippen LogP contribution in [0.25, 0.3) is 0 Å². The van der Waals surface area contributed by atoms with Gasteiger partial charge in [-0.05, 0) is 0 Å². The summed E-state index contributed by atoms with van der Waals surface area (Å²) >= 11 is 0. The first-order chi connectivity index (χ1) is 6.11. The van der Waals surface area contributed by atoms with Gasteiger partial charge in [-0.15, -0.1) is 0 Å². The summed E-state index contributed by atoms with van der Waals surface area (Å²) in [4.78, 5) is 0. The molecule has 0 amide bonds. The lowest BCUT2D eigenvalue weighted by Crippen LogP contribution is -2.59. The number of aliphatic hydroxyl groups is 4. The summed E-state index contributed by atoms with van der Waals surface area (Å²) in [5.74, 6) is 0. The summed E-state index contributed by atoms with van der Waals surface area (Å²) in [6, 6.07) is 0. The molecule has 0 aromatic carbocycles. The van der Waals surface area contributed by atoms with Crippen LogP contribution in [0.5, 0.6) is 0 Å². The summed E-state index contributed by atoms with van der Waals surface area (Å²) in [6.45, 7) is -0.440. The Morgan fingerprint density at radius 3 is 2.31 bits per heavy atom. The van der Waals surface area contributed by atoms with E-state index < -0.39 is 37.3 Å². The minimum Gasteiger partial charge on any atom is -0.394 e. The quantitative estimate of drug-likeness (QED) is 0.386. The van der Waals surface area contributed by atoms with Crippen LogP contribution in [0.1, 0.15) is 0 Å². The molecule has 1 aliphatic heterocycles. The topological polar surface area (TPSA) is 99.4 Å². The van der Waals surface area contributed by atoms with Gasteiger partial charge in [0.15, 0.2) is 6.29 Å². The molecule has 3 unspecified atom stereocenters. The third-order valence-corrected chi connectivity index (χ3v) is 2.11. The fourth-order valence-corrected chi connectivity index (χ4v) is 1.35. The molecule has 0 bridgehead atoms. The zero-order valence-corrected chi connectivity index (χ0v) is 7.20. The van der Waals surface area contributed by atoms with Crippen LogP contribution in [0, 0.1) is 0 Å². The van der Waals surface area contributed by atoms with Crippen LogP contribution < -0.4 is 0 Å². The van der Waals surface area contributed by atoms with Crippen molar-refractivity contribution in [3.05, 3.63) is 0 Å². The maximum atomic E-state index is 9.44. The molecule has 13 heavy (non-hydrogen) atoms. The van der Waals surface area contributed by atoms with Gasteiger partial charge in [-0.25, -0.2) is 0 Å². The molecule has 0 saturated carbocycles. The number of methoxy groups -OCH3 is 1. The molecule has 4 N–H and O–H groups in total. The van der Waals surface area contributed by atoms with Crippen molar-refractivity contribution in [3.8, 4) is 0 Å². The fraction of sp³-hybridized carbons (Fsp3) is 1.00. The Morgan fingerprint density at radius 2 is 1.85 bits per heavy atom. The monoisotopic (exact) mass is 194 g/mol. The third kappa shape index (κ3) is 1.98. The van der Waals surface area contributed by atoms with Crippen molar-refractivity contribution in [1.82, 2.24) is 0 Å². The van der Waals surface area contributed by atoms with E-state index in [0.717, 1.165) is 0 Å². The van der Waals surface area contributed by atoms with Crippen molar-refractivity contribution in [2.24, 2.45) is 0 Å². The number of aliphatic hydroxyl groups excluding tert-OH is 4. The summed E-state index contributed by atoms with van der Waals surface area (Å²) in [7, 11) is 1.30. The highest BCUT2D eigenvalue weighted by molar-refractivity contribution is 4.89. The minimum atomic E-state index is -1.44. The van der Waals surface area contributed by atoms with E-state index in [-0.39, 0.29) is 0 Å². The second-order valence-electron chi connectivity index (χ2n) is 2.93. The van der Waals surface area contributed by atoms with Crippen LogP contribution in [0.4, 0.5) is 0 Å². The van der Waals surface area contributed by atoms with E-state index in [0.29, 0.717) is 0 Å². The fourth-order valence-electron chi connectivity index (χ4n) is 1.35. The molecule has 1 saturated heterocycles. The van der Waals surface area contributed by atoms with Gasteiger partial charge in [-0.2, -0.15) is 0 Å². The van der Waals surface area contributed by atoms with E-state index in [1.807, 2.05) is 0 Å². The minimum absolute atomic E-state index is 0.440. The van der Waals surface area contributed by atoms with Gasteiger partial charge < -0.3 is 29.9 Å². The highest BCUT2D eigenvalue weighted by Gasteiger charge is 2.43. The molecule has 0 spiro atoms. The standard InChI is InChI=1S/C7H14O6/c1-12-6-4(9)3(2-8)13-7(11)5(6)10/h3-11H,2H2,1H3/t3?,4-,5?,6?,7+/m0/s1. The van der Waals surface area contributed by atoms with E-state index >= 15 is 0 Å². The summed E-state index contributed by atoms with van der Waals surface area (Å²) < 4.78 is 9.48. The summed E-state index contributed by atoms with van der Waals surface area (Å²) in [5, 5.41) is 36.6. The molecular formula is C7H14O6. The van der Waals surface area contributed by atoms with Crippen molar-refractivity contribution in [1.29, 1.82) is 0 Å². The molecule has 6 nitrogen and oxygen atoms in total. The molecule has 1 fully saturated rings. The molecule has 6 heteroatoms. The Morgan fingerprint density at radius 1 is 1.23 bits per heavy atom. The number of ether oxygens (including phenoxy) is 2. The van der Waals surface area contributed by atoms with Crippen LogP contribution >= 0.6 is 0 Å². The lowest BCUT2D eigenvalue weighted by atomic mass is 9.99. The lowest BCUT2D eigenvalue weighted by molar-refractivity contribution is -0.290. The van der Waals surface area contributed by atoms with Crippen molar-refractivity contribution < 1.29 is 29.9 Å². The van der Waals surface area contributed by atoms with Gasteiger partial charge in [0.2, 0.25) is 0 Å². The SMILES string of the molecule is COC1C(O)[C@H](O)OC(CO)[C@@H]1O. The van der Waals surface area contributed by atoms with E-state index in [4.69, 9.17) is 19.7 Å². The maximum absolute atomic E-state index is 9.44. The number of rotatable bonds is 2. The Kier molecular flexibility index (Phi) is 3.60. The number of hydrogen-bond donors (Lipinski definition) is 4. The Balaban J connectivity index is 2.69. The van der Waals surface area contributed by atoms with Crippen molar-refractivity contribution in [3.63, 3.8) is 0 Å². The average molecular weight is 194 g/mol. The molecule has 1 rings (SSSR count). The maximum Gasteiger partial charge on any atom is 0.184 e. The summed E-state index contributed by atoms with van der Waals surface area (Å²) in [5.41, 5.74) is 0. The zero-order chi connectivity index (χ0) is 10.0. The van der Waals surface area contributed by atoms with Crippen molar-refractivity contribution in [2.45, 2.75) is 30.7 Å². The van der Waals surface area contributed by atoms with Gasteiger partial charge in [-0.1, -0.05) is 0 Å². The van der Waals surface area contributed by atoms with E-state index in [1.54, 1.807) is 0 Å². The second kappa shape index (κ2) is 4.32. The molecule has 0 aromatic rings. The Bertz CT molecular complexity index is 163.